The van der Waals surface area contributed by atoms with Crippen molar-refractivity contribution >= 4 is 5.91 Å². The number of nitrogens with zero attached hydrogens (tertiary/aromatic N) is 3. The lowest BCUT2D eigenvalue weighted by Gasteiger charge is -2.28. The Labute approximate surface area is 198 Å². The Bertz CT molecular complexity index is 1210. The zero-order chi connectivity index (χ0) is 23.9. The average Bonchev–Trinajstić information content (AvgIpc) is 3.39. The van der Waals surface area contributed by atoms with Crippen molar-refractivity contribution in [2.75, 3.05) is 26.7 Å². The number of hydrogen-bond donors (Lipinski definition) is 1. The van der Waals surface area contributed by atoms with Crippen LogP contribution in [0.4, 0.5) is 0 Å². The highest BCUT2D eigenvalue weighted by atomic mass is 16.5. The molecule has 0 bridgehead atoms. The van der Waals surface area contributed by atoms with E-state index in [-0.39, 0.29) is 18.5 Å². The number of rotatable bonds is 9. The van der Waals surface area contributed by atoms with Crippen LogP contribution in [0.1, 0.15) is 30.0 Å². The van der Waals surface area contributed by atoms with Gasteiger partial charge >= 0.3 is 5.69 Å². The molecule has 1 fully saturated rings. The zero-order valence-electron chi connectivity index (χ0n) is 19.4. The van der Waals surface area contributed by atoms with Crippen LogP contribution in [0.5, 0.6) is 5.75 Å². The third kappa shape index (κ3) is 5.63. The number of aromatic nitrogens is 2. The third-order valence-corrected chi connectivity index (χ3v) is 6.21. The number of amides is 1. The van der Waals surface area contributed by atoms with Gasteiger partial charge in [-0.1, -0.05) is 42.5 Å². The molecule has 1 aromatic heterocycles. The molecule has 1 saturated heterocycles. The Morgan fingerprint density at radius 3 is 2.38 bits per heavy atom. The van der Waals surface area contributed by atoms with Gasteiger partial charge in [0.2, 0.25) is 5.91 Å². The molecule has 8 nitrogen and oxygen atoms in total. The standard InChI is InChI=1S/C26H30N4O4/c1-34-22-11-9-21(10-12-22)23(28-14-5-6-15-28)17-27-24(31)19-30-25(32)13-16-29(26(30)33)18-20-7-3-2-4-8-20/h2-4,7-13,16,23H,5-6,14-15,17-19H2,1H3,(H,27,31). The van der Waals surface area contributed by atoms with Gasteiger partial charge < -0.3 is 10.1 Å². The van der Waals surface area contributed by atoms with E-state index in [0.29, 0.717) is 13.1 Å². The molecule has 0 aliphatic carbocycles. The van der Waals surface area contributed by atoms with Crippen LogP contribution in [0.15, 0.2) is 76.4 Å². The fraction of sp³-hybridized carbons (Fsp3) is 0.346. The normalized spacial score (nSPS) is 14.6. The predicted molar refractivity (Wildman–Crippen MR) is 130 cm³/mol. The molecule has 3 aromatic rings. The Morgan fingerprint density at radius 1 is 1.00 bits per heavy atom. The Balaban J connectivity index is 1.46. The minimum atomic E-state index is -0.502. The molecule has 0 radical (unpaired) electrons. The molecule has 178 valence electrons. The van der Waals surface area contributed by atoms with Gasteiger partial charge in [0.1, 0.15) is 12.3 Å². The van der Waals surface area contributed by atoms with E-state index in [0.717, 1.165) is 47.4 Å². The summed E-state index contributed by atoms with van der Waals surface area (Å²) in [4.78, 5) is 40.4. The minimum absolute atomic E-state index is 0.0135. The molecule has 0 saturated carbocycles. The summed E-state index contributed by atoms with van der Waals surface area (Å²) in [5, 5.41) is 2.94. The predicted octanol–water partition coefficient (Wildman–Crippen LogP) is 2.02. The second kappa shape index (κ2) is 11.0. The van der Waals surface area contributed by atoms with Crippen molar-refractivity contribution in [2.24, 2.45) is 0 Å². The number of benzene rings is 2. The van der Waals surface area contributed by atoms with E-state index >= 15 is 0 Å². The second-order valence-electron chi connectivity index (χ2n) is 8.47. The van der Waals surface area contributed by atoms with Crippen LogP contribution in [0.2, 0.25) is 0 Å². The number of ether oxygens (including phenoxy) is 1. The van der Waals surface area contributed by atoms with E-state index in [1.165, 1.54) is 16.8 Å². The van der Waals surface area contributed by atoms with Gasteiger partial charge in [0.15, 0.2) is 0 Å². The monoisotopic (exact) mass is 462 g/mol. The number of carbonyl (C=O) groups is 1. The number of nitrogens with one attached hydrogen (secondary N) is 1. The summed E-state index contributed by atoms with van der Waals surface area (Å²) in [6.07, 6.45) is 3.72. The van der Waals surface area contributed by atoms with Crippen molar-refractivity contribution < 1.29 is 9.53 Å². The molecule has 2 heterocycles. The quantitative estimate of drug-likeness (QED) is 0.526. The molecule has 1 unspecified atom stereocenters. The topological polar surface area (TPSA) is 85.6 Å². The Morgan fingerprint density at radius 2 is 1.71 bits per heavy atom. The van der Waals surface area contributed by atoms with Crippen molar-refractivity contribution in [1.82, 2.24) is 19.4 Å². The van der Waals surface area contributed by atoms with Gasteiger partial charge in [-0.3, -0.25) is 23.6 Å². The summed E-state index contributed by atoms with van der Waals surface area (Å²) in [6.45, 7) is 2.34. The van der Waals surface area contributed by atoms with Crippen LogP contribution in [-0.2, 0) is 17.9 Å². The van der Waals surface area contributed by atoms with Crippen molar-refractivity contribution in [3.05, 3.63) is 98.8 Å². The molecule has 1 aliphatic heterocycles. The minimum Gasteiger partial charge on any atom is -0.497 e. The first-order valence-corrected chi connectivity index (χ1v) is 11.5. The van der Waals surface area contributed by atoms with Crippen LogP contribution in [0.25, 0.3) is 0 Å². The maximum atomic E-state index is 12.9. The van der Waals surface area contributed by atoms with Gasteiger partial charge in [0, 0.05) is 18.8 Å². The van der Waals surface area contributed by atoms with Gasteiger partial charge in [-0.05, 0) is 49.2 Å². The number of hydrogen-bond acceptors (Lipinski definition) is 5. The molecule has 8 heteroatoms. The van der Waals surface area contributed by atoms with E-state index in [9.17, 15) is 14.4 Å². The highest BCUT2D eigenvalue weighted by Crippen LogP contribution is 2.26. The summed E-state index contributed by atoms with van der Waals surface area (Å²) in [7, 11) is 1.63. The molecular weight excluding hydrogens is 432 g/mol. The van der Waals surface area contributed by atoms with E-state index < -0.39 is 11.2 Å². The summed E-state index contributed by atoms with van der Waals surface area (Å²) < 4.78 is 7.68. The van der Waals surface area contributed by atoms with Crippen LogP contribution >= 0.6 is 0 Å². The van der Waals surface area contributed by atoms with Gasteiger partial charge in [0.05, 0.1) is 19.7 Å². The van der Waals surface area contributed by atoms with E-state index in [4.69, 9.17) is 4.74 Å². The van der Waals surface area contributed by atoms with Crippen LogP contribution in [-0.4, -0.2) is 46.7 Å². The van der Waals surface area contributed by atoms with E-state index in [1.54, 1.807) is 7.11 Å². The molecule has 2 aromatic carbocycles. The second-order valence-corrected chi connectivity index (χ2v) is 8.47. The molecule has 0 spiro atoms. The third-order valence-electron chi connectivity index (χ3n) is 6.21. The average molecular weight is 463 g/mol. The Kier molecular flexibility index (Phi) is 7.59. The largest absolute Gasteiger partial charge is 0.497 e. The van der Waals surface area contributed by atoms with Crippen LogP contribution < -0.4 is 21.3 Å². The van der Waals surface area contributed by atoms with Crippen molar-refractivity contribution in [3.8, 4) is 5.75 Å². The lowest BCUT2D eigenvalue weighted by molar-refractivity contribution is -0.122. The smallest absolute Gasteiger partial charge is 0.331 e. The van der Waals surface area contributed by atoms with Gasteiger partial charge in [-0.15, -0.1) is 0 Å². The van der Waals surface area contributed by atoms with E-state index in [2.05, 4.69) is 10.2 Å². The fourth-order valence-corrected chi connectivity index (χ4v) is 4.35. The molecular formula is C26H30N4O4. The first-order valence-electron chi connectivity index (χ1n) is 11.5. The van der Waals surface area contributed by atoms with Gasteiger partial charge in [-0.2, -0.15) is 0 Å². The van der Waals surface area contributed by atoms with Crippen LogP contribution in [0.3, 0.4) is 0 Å². The van der Waals surface area contributed by atoms with Gasteiger partial charge in [-0.25, -0.2) is 4.79 Å². The highest BCUT2D eigenvalue weighted by molar-refractivity contribution is 5.75. The summed E-state index contributed by atoms with van der Waals surface area (Å²) in [5.74, 6) is 0.414. The lowest BCUT2D eigenvalue weighted by Crippen LogP contribution is -2.44. The molecule has 1 N–H and O–H groups in total. The number of likely N-dealkylation sites (tertiary alicyclic amines) is 1. The summed E-state index contributed by atoms with van der Waals surface area (Å²) in [5.41, 5.74) is 1.03. The number of methoxy groups -OCH3 is 1. The van der Waals surface area contributed by atoms with E-state index in [1.807, 2.05) is 54.6 Å². The van der Waals surface area contributed by atoms with Gasteiger partial charge in [0.25, 0.3) is 5.56 Å². The SMILES string of the molecule is COc1ccc(C(CNC(=O)Cn2c(=O)ccn(Cc3ccccc3)c2=O)N2CCCC2)cc1. The maximum Gasteiger partial charge on any atom is 0.331 e. The molecule has 34 heavy (non-hydrogen) atoms. The van der Waals surface area contributed by atoms with Crippen LogP contribution in [0, 0.1) is 0 Å². The summed E-state index contributed by atoms with van der Waals surface area (Å²) in [6, 6.07) is 18.7. The molecule has 1 aliphatic rings. The lowest BCUT2D eigenvalue weighted by atomic mass is 10.1. The first kappa shape index (κ1) is 23.5. The fourth-order valence-electron chi connectivity index (χ4n) is 4.35. The first-order chi connectivity index (χ1) is 16.5. The molecule has 1 atom stereocenters. The van der Waals surface area contributed by atoms with Crippen molar-refractivity contribution in [2.45, 2.75) is 32.0 Å². The highest BCUT2D eigenvalue weighted by Gasteiger charge is 2.24. The molecule has 4 rings (SSSR count). The summed E-state index contributed by atoms with van der Waals surface area (Å²) >= 11 is 0. The van der Waals surface area contributed by atoms with Crippen molar-refractivity contribution in [1.29, 1.82) is 0 Å². The maximum absolute atomic E-state index is 12.9. The zero-order valence-corrected chi connectivity index (χ0v) is 19.4. The number of carbonyl (C=O) groups excluding carboxylic acids is 1. The van der Waals surface area contributed by atoms with Crippen molar-refractivity contribution in [3.63, 3.8) is 0 Å². The molecule has 1 amide bonds. The Hall–Kier alpha value is -3.65.